The number of hydrogen-bond acceptors (Lipinski definition) is 3. The second-order valence-corrected chi connectivity index (χ2v) is 6.83. The summed E-state index contributed by atoms with van der Waals surface area (Å²) in [6.07, 6.45) is 1.72. The summed E-state index contributed by atoms with van der Waals surface area (Å²) in [5.74, 6) is 0.332. The molecule has 100 valence electrons. The molecular weight excluding hydrogens is 264 g/mol. The summed E-state index contributed by atoms with van der Waals surface area (Å²) in [6.45, 7) is 3.93. The highest BCUT2D eigenvalue weighted by molar-refractivity contribution is 7.86. The first-order valence-corrected chi connectivity index (χ1v) is 7.93. The van der Waals surface area contributed by atoms with Gasteiger partial charge in [0.15, 0.2) is 0 Å². The van der Waals surface area contributed by atoms with E-state index < -0.39 is 10.2 Å². The monoisotopic (exact) mass is 282 g/mol. The van der Waals surface area contributed by atoms with E-state index in [1.165, 1.54) is 4.31 Å². The molecule has 0 bridgehead atoms. The summed E-state index contributed by atoms with van der Waals surface area (Å²) in [5.41, 5.74) is 0. The molecule has 2 fully saturated rings. The molecule has 2 heterocycles. The minimum atomic E-state index is -3.33. The Balaban J connectivity index is 2.12. The molecule has 17 heavy (non-hydrogen) atoms. The van der Waals surface area contributed by atoms with Crippen LogP contribution in [0, 0.1) is 0 Å². The maximum absolute atomic E-state index is 12.4. The molecule has 2 saturated heterocycles. The first-order chi connectivity index (χ1) is 8.05. The molecule has 0 amide bonds. The Labute approximate surface area is 108 Å². The Morgan fingerprint density at radius 2 is 2.00 bits per heavy atom. The largest absolute Gasteiger partial charge is 0.374 e. The fourth-order valence-corrected chi connectivity index (χ4v) is 4.35. The lowest BCUT2D eigenvalue weighted by Crippen LogP contribution is -2.55. The number of morpholine rings is 1. The van der Waals surface area contributed by atoms with Gasteiger partial charge in [-0.2, -0.15) is 17.0 Å². The van der Waals surface area contributed by atoms with Gasteiger partial charge in [-0.1, -0.05) is 0 Å². The number of rotatable bonds is 3. The molecule has 2 atom stereocenters. The maximum atomic E-state index is 12.4. The topological polar surface area (TPSA) is 49.9 Å². The highest BCUT2D eigenvalue weighted by Crippen LogP contribution is 2.22. The van der Waals surface area contributed by atoms with E-state index in [1.54, 1.807) is 4.31 Å². The van der Waals surface area contributed by atoms with Crippen LogP contribution in [-0.4, -0.2) is 61.3 Å². The lowest BCUT2D eigenvalue weighted by Gasteiger charge is -2.38. The zero-order chi connectivity index (χ0) is 12.5. The molecule has 0 spiro atoms. The lowest BCUT2D eigenvalue weighted by atomic mass is 10.2. The van der Waals surface area contributed by atoms with E-state index >= 15 is 0 Å². The minimum Gasteiger partial charge on any atom is -0.374 e. The van der Waals surface area contributed by atoms with Crippen molar-refractivity contribution in [3.05, 3.63) is 0 Å². The number of halogens is 1. The van der Waals surface area contributed by atoms with Crippen molar-refractivity contribution in [3.63, 3.8) is 0 Å². The van der Waals surface area contributed by atoms with E-state index in [-0.39, 0.29) is 12.1 Å². The SMILES string of the molecule is CC1COC(CCl)CN1S(=O)(=O)N1CCCC1. The molecule has 0 saturated carbocycles. The molecule has 0 N–H and O–H groups in total. The summed E-state index contributed by atoms with van der Waals surface area (Å²) >= 11 is 5.74. The van der Waals surface area contributed by atoms with Gasteiger partial charge in [-0.3, -0.25) is 0 Å². The molecule has 0 aliphatic carbocycles. The first-order valence-electron chi connectivity index (χ1n) is 6.00. The number of ether oxygens (including phenoxy) is 1. The highest BCUT2D eigenvalue weighted by Gasteiger charge is 2.38. The van der Waals surface area contributed by atoms with Gasteiger partial charge in [0.2, 0.25) is 0 Å². The van der Waals surface area contributed by atoms with E-state index in [2.05, 4.69) is 0 Å². The average molecular weight is 283 g/mol. The van der Waals surface area contributed by atoms with Crippen molar-refractivity contribution in [1.82, 2.24) is 8.61 Å². The lowest BCUT2D eigenvalue weighted by molar-refractivity contribution is -0.0170. The summed E-state index contributed by atoms with van der Waals surface area (Å²) < 4.78 is 33.4. The van der Waals surface area contributed by atoms with Crippen LogP contribution in [0.1, 0.15) is 19.8 Å². The molecule has 5 nitrogen and oxygen atoms in total. The van der Waals surface area contributed by atoms with Crippen molar-refractivity contribution in [2.24, 2.45) is 0 Å². The number of hydrogen-bond donors (Lipinski definition) is 0. The molecule has 0 aromatic carbocycles. The van der Waals surface area contributed by atoms with E-state index in [9.17, 15) is 8.42 Å². The second kappa shape index (κ2) is 5.40. The summed E-state index contributed by atoms with van der Waals surface area (Å²) in [7, 11) is -3.33. The molecular formula is C10H19ClN2O3S. The molecule has 0 aromatic heterocycles. The van der Waals surface area contributed by atoms with Crippen LogP contribution < -0.4 is 0 Å². The van der Waals surface area contributed by atoms with Crippen LogP contribution in [0.2, 0.25) is 0 Å². The highest BCUT2D eigenvalue weighted by atomic mass is 35.5. The van der Waals surface area contributed by atoms with Crippen molar-refractivity contribution >= 4 is 21.8 Å². The fourth-order valence-electron chi connectivity index (χ4n) is 2.27. The van der Waals surface area contributed by atoms with Crippen molar-refractivity contribution in [2.75, 3.05) is 32.1 Å². The molecule has 2 aliphatic rings. The normalized spacial score (nSPS) is 33.1. The minimum absolute atomic E-state index is 0.111. The molecule has 2 aliphatic heterocycles. The van der Waals surface area contributed by atoms with Gasteiger partial charge >= 0.3 is 0 Å². The quantitative estimate of drug-likeness (QED) is 0.715. The van der Waals surface area contributed by atoms with E-state index in [0.29, 0.717) is 32.1 Å². The van der Waals surface area contributed by atoms with Gasteiger partial charge in [-0.05, 0) is 19.8 Å². The van der Waals surface area contributed by atoms with E-state index in [4.69, 9.17) is 16.3 Å². The maximum Gasteiger partial charge on any atom is 0.282 e. The van der Waals surface area contributed by atoms with Crippen molar-refractivity contribution < 1.29 is 13.2 Å². The van der Waals surface area contributed by atoms with Crippen LogP contribution in [0.5, 0.6) is 0 Å². The van der Waals surface area contributed by atoms with E-state index in [1.807, 2.05) is 6.92 Å². The molecule has 0 aromatic rings. The van der Waals surface area contributed by atoms with E-state index in [0.717, 1.165) is 12.8 Å². The van der Waals surface area contributed by atoms with Crippen molar-refractivity contribution in [3.8, 4) is 0 Å². The van der Waals surface area contributed by atoms with Crippen LogP contribution in [0.4, 0.5) is 0 Å². The molecule has 7 heteroatoms. The van der Waals surface area contributed by atoms with Gasteiger partial charge in [0.1, 0.15) is 0 Å². The molecule has 2 unspecified atom stereocenters. The Morgan fingerprint density at radius 1 is 1.35 bits per heavy atom. The smallest absolute Gasteiger partial charge is 0.282 e. The Morgan fingerprint density at radius 3 is 2.59 bits per heavy atom. The summed E-state index contributed by atoms with van der Waals surface area (Å²) in [5, 5.41) is 0. The Bertz CT molecular complexity index is 357. The van der Waals surface area contributed by atoms with Crippen LogP contribution in [0.15, 0.2) is 0 Å². The van der Waals surface area contributed by atoms with Crippen LogP contribution >= 0.6 is 11.6 Å². The zero-order valence-corrected chi connectivity index (χ0v) is 11.6. The first kappa shape index (κ1) is 13.5. The standard InChI is InChI=1S/C10H19ClN2O3S/c1-9-8-16-10(6-11)7-13(9)17(14,15)12-4-2-3-5-12/h9-10H,2-8H2,1H3. The Hall–Kier alpha value is 0.120. The fraction of sp³-hybridized carbons (Fsp3) is 1.00. The van der Waals surface area contributed by atoms with Gasteiger partial charge in [-0.25, -0.2) is 0 Å². The predicted octanol–water partition coefficient (Wildman–Crippen LogP) is 0.655. The van der Waals surface area contributed by atoms with Crippen molar-refractivity contribution in [1.29, 1.82) is 0 Å². The molecule has 0 radical (unpaired) electrons. The van der Waals surface area contributed by atoms with Crippen molar-refractivity contribution in [2.45, 2.75) is 31.9 Å². The number of nitrogens with zero attached hydrogens (tertiary/aromatic N) is 2. The van der Waals surface area contributed by atoms with Crippen LogP contribution in [0.3, 0.4) is 0 Å². The predicted molar refractivity (Wildman–Crippen MR) is 66.4 cm³/mol. The van der Waals surface area contributed by atoms with Gasteiger partial charge in [-0.15, -0.1) is 11.6 Å². The van der Waals surface area contributed by atoms with Gasteiger partial charge < -0.3 is 4.74 Å². The average Bonchev–Trinajstić information content (AvgIpc) is 2.83. The van der Waals surface area contributed by atoms with Crippen LogP contribution in [-0.2, 0) is 14.9 Å². The summed E-state index contributed by atoms with van der Waals surface area (Å²) in [6, 6.07) is -0.111. The third kappa shape index (κ3) is 2.76. The number of alkyl halides is 1. The zero-order valence-electron chi connectivity index (χ0n) is 10.0. The molecule has 2 rings (SSSR count). The van der Waals surface area contributed by atoms with Gasteiger partial charge in [0.25, 0.3) is 10.2 Å². The Kier molecular flexibility index (Phi) is 4.31. The second-order valence-electron chi connectivity index (χ2n) is 4.64. The third-order valence-electron chi connectivity index (χ3n) is 3.31. The summed E-state index contributed by atoms with van der Waals surface area (Å²) in [4.78, 5) is 0. The van der Waals surface area contributed by atoms with Crippen LogP contribution in [0.25, 0.3) is 0 Å². The van der Waals surface area contributed by atoms with Gasteiger partial charge in [0.05, 0.1) is 12.7 Å². The third-order valence-corrected chi connectivity index (χ3v) is 5.77. The van der Waals surface area contributed by atoms with Gasteiger partial charge in [0, 0.05) is 31.6 Å².